The van der Waals surface area contributed by atoms with Gasteiger partial charge in [0, 0.05) is 4.47 Å². The van der Waals surface area contributed by atoms with E-state index in [4.69, 9.17) is 10.5 Å². The molecule has 0 radical (unpaired) electrons. The van der Waals surface area contributed by atoms with E-state index in [1.807, 2.05) is 30.3 Å². The van der Waals surface area contributed by atoms with Crippen molar-refractivity contribution >= 4 is 15.9 Å². The lowest BCUT2D eigenvalue weighted by Gasteiger charge is -2.12. The van der Waals surface area contributed by atoms with Gasteiger partial charge < -0.3 is 10.5 Å². The molecule has 0 amide bonds. The maximum Gasteiger partial charge on any atom is 0.165 e. The summed E-state index contributed by atoms with van der Waals surface area (Å²) in [6, 6.07) is 12.7. The third kappa shape index (κ3) is 3.78. The highest BCUT2D eigenvalue weighted by atomic mass is 79.9. The van der Waals surface area contributed by atoms with Gasteiger partial charge in [-0.1, -0.05) is 40.2 Å². The van der Waals surface area contributed by atoms with Crippen molar-refractivity contribution < 1.29 is 9.13 Å². The van der Waals surface area contributed by atoms with E-state index < -0.39 is 0 Å². The van der Waals surface area contributed by atoms with E-state index in [0.717, 1.165) is 15.6 Å². The Labute approximate surface area is 120 Å². The topological polar surface area (TPSA) is 35.2 Å². The zero-order valence-electron chi connectivity index (χ0n) is 10.4. The van der Waals surface area contributed by atoms with E-state index >= 15 is 0 Å². The summed E-state index contributed by atoms with van der Waals surface area (Å²) in [5.41, 5.74) is 7.32. The Bertz CT molecular complexity index is 542. The van der Waals surface area contributed by atoms with Crippen molar-refractivity contribution in [1.82, 2.24) is 0 Å². The van der Waals surface area contributed by atoms with E-state index in [0.29, 0.717) is 25.3 Å². The normalized spacial score (nSPS) is 10.5. The SMILES string of the molecule is NCCc1cccc(F)c1OCc1ccc(Br)cc1. The molecule has 0 heterocycles. The molecule has 2 aromatic rings. The van der Waals surface area contributed by atoms with E-state index in [1.54, 1.807) is 6.07 Å². The molecule has 0 atom stereocenters. The Morgan fingerprint density at radius 2 is 1.84 bits per heavy atom. The van der Waals surface area contributed by atoms with Crippen LogP contribution in [0.3, 0.4) is 0 Å². The maximum atomic E-state index is 13.8. The molecule has 0 aromatic heterocycles. The molecule has 0 saturated heterocycles. The van der Waals surface area contributed by atoms with Gasteiger partial charge in [-0.2, -0.15) is 0 Å². The zero-order chi connectivity index (χ0) is 13.7. The van der Waals surface area contributed by atoms with E-state index in [2.05, 4.69) is 15.9 Å². The third-order valence-corrected chi connectivity index (χ3v) is 3.29. The molecule has 4 heteroatoms. The second kappa shape index (κ2) is 6.68. The van der Waals surface area contributed by atoms with Crippen LogP contribution in [0.25, 0.3) is 0 Å². The molecule has 2 nitrogen and oxygen atoms in total. The largest absolute Gasteiger partial charge is 0.486 e. The quantitative estimate of drug-likeness (QED) is 0.911. The van der Waals surface area contributed by atoms with E-state index in [9.17, 15) is 4.39 Å². The summed E-state index contributed by atoms with van der Waals surface area (Å²) in [6.07, 6.45) is 0.605. The van der Waals surface area contributed by atoms with Crippen LogP contribution in [0.2, 0.25) is 0 Å². The van der Waals surface area contributed by atoms with Gasteiger partial charge in [0.2, 0.25) is 0 Å². The summed E-state index contributed by atoms with van der Waals surface area (Å²) >= 11 is 3.37. The van der Waals surface area contributed by atoms with Crippen LogP contribution in [0.5, 0.6) is 5.75 Å². The van der Waals surface area contributed by atoms with Gasteiger partial charge >= 0.3 is 0 Å². The molecule has 19 heavy (non-hydrogen) atoms. The van der Waals surface area contributed by atoms with Gasteiger partial charge in [0.05, 0.1) is 0 Å². The molecule has 2 aromatic carbocycles. The molecule has 0 aliphatic carbocycles. The smallest absolute Gasteiger partial charge is 0.165 e. The second-order valence-corrected chi connectivity index (χ2v) is 5.10. The number of rotatable bonds is 5. The summed E-state index contributed by atoms with van der Waals surface area (Å²) in [7, 11) is 0. The fourth-order valence-electron chi connectivity index (χ4n) is 1.80. The molecule has 100 valence electrons. The van der Waals surface area contributed by atoms with E-state index in [1.165, 1.54) is 6.07 Å². The first-order chi connectivity index (χ1) is 9.20. The van der Waals surface area contributed by atoms with Gasteiger partial charge in [0.1, 0.15) is 6.61 Å². The van der Waals surface area contributed by atoms with Gasteiger partial charge in [0.15, 0.2) is 11.6 Å². The monoisotopic (exact) mass is 323 g/mol. The fraction of sp³-hybridized carbons (Fsp3) is 0.200. The summed E-state index contributed by atoms with van der Waals surface area (Å²) < 4.78 is 20.4. The number of benzene rings is 2. The Kier molecular flexibility index (Phi) is 4.93. The number of halogens is 2. The summed E-state index contributed by atoms with van der Waals surface area (Å²) in [4.78, 5) is 0. The lowest BCUT2D eigenvalue weighted by Crippen LogP contribution is -2.06. The van der Waals surface area contributed by atoms with Crippen molar-refractivity contribution in [1.29, 1.82) is 0 Å². The Morgan fingerprint density at radius 3 is 2.53 bits per heavy atom. The molecule has 0 aliphatic heterocycles. The van der Waals surface area contributed by atoms with Crippen LogP contribution in [0.1, 0.15) is 11.1 Å². The number of hydrogen-bond acceptors (Lipinski definition) is 2. The van der Waals surface area contributed by atoms with Gasteiger partial charge in [-0.25, -0.2) is 4.39 Å². The zero-order valence-corrected chi connectivity index (χ0v) is 12.0. The minimum atomic E-state index is -0.344. The first kappa shape index (κ1) is 14.0. The maximum absolute atomic E-state index is 13.8. The van der Waals surface area contributed by atoms with Crippen LogP contribution in [0, 0.1) is 5.82 Å². The Hall–Kier alpha value is -1.39. The molecule has 0 fully saturated rings. The first-order valence-corrected chi connectivity index (χ1v) is 6.84. The second-order valence-electron chi connectivity index (χ2n) is 4.18. The molecule has 0 spiro atoms. The van der Waals surface area contributed by atoms with Crippen molar-refractivity contribution in [3.8, 4) is 5.75 Å². The van der Waals surface area contributed by atoms with Crippen molar-refractivity contribution in [2.75, 3.05) is 6.54 Å². The van der Waals surface area contributed by atoms with Gasteiger partial charge in [-0.3, -0.25) is 0 Å². The fourth-order valence-corrected chi connectivity index (χ4v) is 2.07. The molecule has 0 bridgehead atoms. The van der Waals surface area contributed by atoms with Crippen LogP contribution in [0.4, 0.5) is 4.39 Å². The highest BCUT2D eigenvalue weighted by Gasteiger charge is 2.09. The third-order valence-electron chi connectivity index (χ3n) is 2.76. The van der Waals surface area contributed by atoms with Crippen molar-refractivity contribution in [2.24, 2.45) is 5.73 Å². The van der Waals surface area contributed by atoms with Gasteiger partial charge in [-0.05, 0) is 42.3 Å². The lowest BCUT2D eigenvalue weighted by molar-refractivity contribution is 0.287. The highest BCUT2D eigenvalue weighted by molar-refractivity contribution is 9.10. The van der Waals surface area contributed by atoms with Crippen molar-refractivity contribution in [2.45, 2.75) is 13.0 Å². The Balaban J connectivity index is 2.12. The minimum Gasteiger partial charge on any atom is -0.486 e. The number of hydrogen-bond donors (Lipinski definition) is 1. The van der Waals surface area contributed by atoms with E-state index in [-0.39, 0.29) is 5.82 Å². The van der Waals surface area contributed by atoms with Crippen LogP contribution in [-0.4, -0.2) is 6.54 Å². The molecular formula is C15H15BrFNO. The predicted molar refractivity (Wildman–Crippen MR) is 77.6 cm³/mol. The predicted octanol–water partition coefficient (Wildman–Crippen LogP) is 3.67. The first-order valence-electron chi connectivity index (χ1n) is 6.05. The minimum absolute atomic E-state index is 0.302. The molecule has 0 saturated carbocycles. The standard InChI is InChI=1S/C15H15BrFNO/c16-13-6-4-11(5-7-13)10-19-15-12(8-9-18)2-1-3-14(15)17/h1-7H,8-10,18H2. The van der Waals surface area contributed by atoms with Crippen LogP contribution in [0.15, 0.2) is 46.9 Å². The average Bonchev–Trinajstić information content (AvgIpc) is 2.40. The van der Waals surface area contributed by atoms with Crippen LogP contribution in [-0.2, 0) is 13.0 Å². The highest BCUT2D eigenvalue weighted by Crippen LogP contribution is 2.24. The number of nitrogens with two attached hydrogens (primary N) is 1. The number of ether oxygens (including phenoxy) is 1. The van der Waals surface area contributed by atoms with Crippen LogP contribution < -0.4 is 10.5 Å². The summed E-state index contributed by atoms with van der Waals surface area (Å²) in [5, 5.41) is 0. The van der Waals surface area contributed by atoms with Gasteiger partial charge in [-0.15, -0.1) is 0 Å². The molecule has 2 N–H and O–H groups in total. The van der Waals surface area contributed by atoms with Crippen molar-refractivity contribution in [3.63, 3.8) is 0 Å². The van der Waals surface area contributed by atoms with Gasteiger partial charge in [0.25, 0.3) is 0 Å². The Morgan fingerprint density at radius 1 is 1.11 bits per heavy atom. The van der Waals surface area contributed by atoms with Crippen molar-refractivity contribution in [3.05, 3.63) is 63.9 Å². The molecule has 2 rings (SSSR count). The van der Waals surface area contributed by atoms with Crippen LogP contribution >= 0.6 is 15.9 Å². The lowest BCUT2D eigenvalue weighted by atomic mass is 10.1. The molecule has 0 aliphatic rings. The summed E-state index contributed by atoms with van der Waals surface area (Å²) in [6.45, 7) is 0.809. The average molecular weight is 324 g/mol. The molecular weight excluding hydrogens is 309 g/mol. The summed E-state index contributed by atoms with van der Waals surface area (Å²) in [5.74, 6) is -0.0427. The number of para-hydroxylation sites is 1. The molecule has 0 unspecified atom stereocenters.